The van der Waals surface area contributed by atoms with E-state index in [1.54, 1.807) is 43.3 Å². The molecule has 1 amide bonds. The van der Waals surface area contributed by atoms with Crippen molar-refractivity contribution >= 4 is 27.5 Å². The molecule has 0 aliphatic rings. The molecule has 0 saturated carbocycles. The molecule has 3 nitrogen and oxygen atoms in total. The minimum absolute atomic E-state index is 0.169. The minimum Gasteiger partial charge on any atom is -0.508 e. The summed E-state index contributed by atoms with van der Waals surface area (Å²) in [5.74, 6) is -0.0351. The molecule has 2 rings (SSSR count). The Balaban J connectivity index is 2.24. The molecule has 2 aromatic rings. The van der Waals surface area contributed by atoms with Crippen molar-refractivity contribution in [3.8, 4) is 5.75 Å². The number of halogens is 1. The highest BCUT2D eigenvalue weighted by atomic mass is 79.9. The molecular weight excluding hydrogens is 294 g/mol. The van der Waals surface area contributed by atoms with Crippen LogP contribution in [-0.2, 0) is 0 Å². The molecule has 0 spiro atoms. The second-order valence-electron chi connectivity index (χ2n) is 3.91. The van der Waals surface area contributed by atoms with Crippen molar-refractivity contribution in [2.45, 2.75) is 6.92 Å². The predicted molar refractivity (Wildman–Crippen MR) is 74.9 cm³/mol. The summed E-state index contributed by atoms with van der Waals surface area (Å²) >= 11 is 3.32. The molecule has 0 aliphatic heterocycles. The maximum Gasteiger partial charge on any atom is 0.255 e. The summed E-state index contributed by atoms with van der Waals surface area (Å²) in [5, 5.41) is 12.3. The molecule has 0 aliphatic carbocycles. The fraction of sp³-hybridized carbons (Fsp3) is 0.0714. The lowest BCUT2D eigenvalue weighted by molar-refractivity contribution is 0.102. The van der Waals surface area contributed by atoms with E-state index in [9.17, 15) is 9.90 Å². The summed E-state index contributed by atoms with van der Waals surface area (Å²) in [5.41, 5.74) is 1.83. The lowest BCUT2D eigenvalue weighted by Crippen LogP contribution is -2.12. The van der Waals surface area contributed by atoms with E-state index >= 15 is 0 Å². The average molecular weight is 306 g/mol. The van der Waals surface area contributed by atoms with Crippen LogP contribution in [0.15, 0.2) is 46.9 Å². The van der Waals surface area contributed by atoms with Gasteiger partial charge in [-0.3, -0.25) is 4.79 Å². The third kappa shape index (κ3) is 2.71. The van der Waals surface area contributed by atoms with E-state index in [-0.39, 0.29) is 11.7 Å². The number of phenols is 1. The van der Waals surface area contributed by atoms with Gasteiger partial charge in [-0.15, -0.1) is 0 Å². The van der Waals surface area contributed by atoms with Crippen LogP contribution in [0.4, 0.5) is 5.69 Å². The van der Waals surface area contributed by atoms with Gasteiger partial charge in [-0.05, 0) is 37.3 Å². The van der Waals surface area contributed by atoms with E-state index in [1.807, 2.05) is 6.07 Å². The molecular formula is C14H12BrNO2. The van der Waals surface area contributed by atoms with Gasteiger partial charge >= 0.3 is 0 Å². The van der Waals surface area contributed by atoms with E-state index in [1.165, 1.54) is 0 Å². The molecule has 0 atom stereocenters. The fourth-order valence-corrected chi connectivity index (χ4v) is 1.98. The van der Waals surface area contributed by atoms with Crippen LogP contribution < -0.4 is 5.32 Å². The van der Waals surface area contributed by atoms with Crippen LogP contribution in [-0.4, -0.2) is 11.0 Å². The van der Waals surface area contributed by atoms with Gasteiger partial charge in [-0.25, -0.2) is 0 Å². The molecule has 0 saturated heterocycles. The van der Waals surface area contributed by atoms with E-state index in [4.69, 9.17) is 0 Å². The molecule has 0 radical (unpaired) electrons. The van der Waals surface area contributed by atoms with Crippen molar-refractivity contribution in [3.63, 3.8) is 0 Å². The number of phenolic OH excluding ortho intramolecular Hbond substituents is 1. The van der Waals surface area contributed by atoms with Gasteiger partial charge in [0.2, 0.25) is 0 Å². The molecule has 2 aromatic carbocycles. The normalized spacial score (nSPS) is 10.1. The van der Waals surface area contributed by atoms with Crippen LogP contribution in [0.1, 0.15) is 15.9 Å². The van der Waals surface area contributed by atoms with Crippen molar-refractivity contribution in [3.05, 3.63) is 58.1 Å². The minimum atomic E-state index is -0.204. The van der Waals surface area contributed by atoms with Gasteiger partial charge in [-0.1, -0.05) is 28.1 Å². The third-order valence-corrected chi connectivity index (χ3v) is 3.13. The number of anilines is 1. The van der Waals surface area contributed by atoms with Crippen LogP contribution >= 0.6 is 15.9 Å². The second kappa shape index (κ2) is 5.23. The number of carbonyl (C=O) groups excluding carboxylic acids is 1. The first-order valence-electron chi connectivity index (χ1n) is 5.43. The highest BCUT2D eigenvalue weighted by Gasteiger charge is 2.09. The smallest absolute Gasteiger partial charge is 0.255 e. The first-order chi connectivity index (χ1) is 8.58. The zero-order chi connectivity index (χ0) is 13.1. The highest BCUT2D eigenvalue weighted by Crippen LogP contribution is 2.24. The van der Waals surface area contributed by atoms with E-state index < -0.39 is 0 Å². The Hall–Kier alpha value is -1.81. The number of carbonyl (C=O) groups is 1. The molecule has 0 bridgehead atoms. The summed E-state index contributed by atoms with van der Waals surface area (Å²) in [4.78, 5) is 12.0. The predicted octanol–water partition coefficient (Wildman–Crippen LogP) is 3.72. The topological polar surface area (TPSA) is 49.3 Å². The molecule has 92 valence electrons. The van der Waals surface area contributed by atoms with Gasteiger partial charge in [-0.2, -0.15) is 0 Å². The lowest BCUT2D eigenvalue weighted by Gasteiger charge is -2.09. The Morgan fingerprint density at radius 2 is 1.94 bits per heavy atom. The molecule has 0 unspecified atom stereocenters. The second-order valence-corrected chi connectivity index (χ2v) is 4.83. The third-order valence-electron chi connectivity index (χ3n) is 2.64. The summed E-state index contributed by atoms with van der Waals surface area (Å²) in [7, 11) is 0. The van der Waals surface area contributed by atoms with E-state index in [0.29, 0.717) is 16.8 Å². The van der Waals surface area contributed by atoms with Crippen molar-refractivity contribution in [1.82, 2.24) is 0 Å². The lowest BCUT2D eigenvalue weighted by atomic mass is 10.1. The Morgan fingerprint density at radius 1 is 1.22 bits per heavy atom. The van der Waals surface area contributed by atoms with Gasteiger partial charge in [0.15, 0.2) is 0 Å². The Kier molecular flexibility index (Phi) is 3.67. The zero-order valence-corrected chi connectivity index (χ0v) is 11.4. The van der Waals surface area contributed by atoms with Crippen LogP contribution in [0.25, 0.3) is 0 Å². The number of nitrogens with one attached hydrogen (secondary N) is 1. The van der Waals surface area contributed by atoms with Crippen molar-refractivity contribution in [2.24, 2.45) is 0 Å². The average Bonchev–Trinajstić information content (AvgIpc) is 2.35. The number of hydrogen-bond donors (Lipinski definition) is 2. The Bertz CT molecular complexity index is 596. The van der Waals surface area contributed by atoms with Crippen molar-refractivity contribution in [2.75, 3.05) is 5.32 Å². The highest BCUT2D eigenvalue weighted by molar-refractivity contribution is 9.10. The number of rotatable bonds is 2. The summed E-state index contributed by atoms with van der Waals surface area (Å²) in [6.07, 6.45) is 0. The van der Waals surface area contributed by atoms with Crippen LogP contribution in [0.3, 0.4) is 0 Å². The van der Waals surface area contributed by atoms with Crippen molar-refractivity contribution in [1.29, 1.82) is 0 Å². The molecule has 0 aromatic heterocycles. The van der Waals surface area contributed by atoms with Gasteiger partial charge in [0.25, 0.3) is 5.91 Å². The Morgan fingerprint density at radius 3 is 2.67 bits per heavy atom. The molecule has 0 heterocycles. The molecule has 0 fully saturated rings. The van der Waals surface area contributed by atoms with Crippen LogP contribution in [0, 0.1) is 6.92 Å². The summed E-state index contributed by atoms with van der Waals surface area (Å²) in [6.45, 7) is 1.76. The maximum absolute atomic E-state index is 12.0. The summed E-state index contributed by atoms with van der Waals surface area (Å²) < 4.78 is 0.850. The summed E-state index contributed by atoms with van der Waals surface area (Å²) in [6, 6.07) is 12.2. The molecule has 2 N–H and O–H groups in total. The number of aromatic hydroxyl groups is 1. The van der Waals surface area contributed by atoms with Crippen molar-refractivity contribution < 1.29 is 9.90 Å². The monoisotopic (exact) mass is 305 g/mol. The number of amides is 1. The molecule has 18 heavy (non-hydrogen) atoms. The molecule has 4 heteroatoms. The number of benzene rings is 2. The van der Waals surface area contributed by atoms with E-state index in [0.717, 1.165) is 4.47 Å². The largest absolute Gasteiger partial charge is 0.508 e. The zero-order valence-electron chi connectivity index (χ0n) is 9.77. The van der Waals surface area contributed by atoms with Gasteiger partial charge < -0.3 is 10.4 Å². The fourth-order valence-electron chi connectivity index (χ4n) is 1.58. The van der Waals surface area contributed by atoms with Gasteiger partial charge in [0, 0.05) is 21.3 Å². The quantitative estimate of drug-likeness (QED) is 0.888. The first kappa shape index (κ1) is 12.6. The van der Waals surface area contributed by atoms with Gasteiger partial charge in [0.05, 0.1) is 0 Å². The Labute approximate surface area is 114 Å². The first-order valence-corrected chi connectivity index (χ1v) is 6.23. The standard InChI is InChI=1S/C14H12BrNO2/c1-9-12(6-3-7-13(9)17)16-14(18)10-4-2-5-11(15)8-10/h2-8,17H,1H3,(H,16,18). The van der Waals surface area contributed by atoms with Crippen LogP contribution in [0.2, 0.25) is 0 Å². The maximum atomic E-state index is 12.0. The SMILES string of the molecule is Cc1c(O)cccc1NC(=O)c1cccc(Br)c1. The van der Waals surface area contributed by atoms with E-state index in [2.05, 4.69) is 21.2 Å². The van der Waals surface area contributed by atoms with Crippen LogP contribution in [0.5, 0.6) is 5.75 Å². The van der Waals surface area contributed by atoms with Gasteiger partial charge in [0.1, 0.15) is 5.75 Å². The number of hydrogen-bond acceptors (Lipinski definition) is 2.